The molecule has 1 amide bonds. The maximum Gasteiger partial charge on any atom is 0.242 e. The van der Waals surface area contributed by atoms with Crippen LogP contribution in [0.5, 0.6) is 0 Å². The summed E-state index contributed by atoms with van der Waals surface area (Å²) >= 11 is 0. The van der Waals surface area contributed by atoms with E-state index in [4.69, 9.17) is 0 Å². The van der Waals surface area contributed by atoms with Gasteiger partial charge >= 0.3 is 0 Å². The van der Waals surface area contributed by atoms with Gasteiger partial charge in [-0.05, 0) is 18.9 Å². The Bertz CT molecular complexity index is 461. The Hall–Kier alpha value is -1.62. The van der Waals surface area contributed by atoms with Gasteiger partial charge in [0.2, 0.25) is 5.91 Å². The summed E-state index contributed by atoms with van der Waals surface area (Å²) in [6.45, 7) is 5.92. The first-order chi connectivity index (χ1) is 9.63. The maximum atomic E-state index is 12.0. The van der Waals surface area contributed by atoms with Crippen molar-refractivity contribution in [1.82, 2.24) is 15.6 Å². The summed E-state index contributed by atoms with van der Waals surface area (Å²) < 4.78 is 0. The van der Waals surface area contributed by atoms with E-state index in [0.29, 0.717) is 6.04 Å². The van der Waals surface area contributed by atoms with Crippen molar-refractivity contribution in [3.63, 3.8) is 0 Å². The lowest BCUT2D eigenvalue weighted by Crippen LogP contribution is -2.43. The number of hydrogen-bond acceptors (Lipinski definition) is 4. The van der Waals surface area contributed by atoms with Crippen LogP contribution in [0, 0.1) is 0 Å². The number of aromatic nitrogens is 1. The van der Waals surface area contributed by atoms with Crippen molar-refractivity contribution in [2.24, 2.45) is 0 Å². The molecule has 2 N–H and O–H groups in total. The van der Waals surface area contributed by atoms with Crippen molar-refractivity contribution in [1.29, 1.82) is 0 Å². The number of nitrogens with zero attached hydrogens (tertiary/aromatic N) is 2. The van der Waals surface area contributed by atoms with Gasteiger partial charge in [0, 0.05) is 37.9 Å². The molecule has 2 rings (SSSR count). The third kappa shape index (κ3) is 3.28. The van der Waals surface area contributed by atoms with Gasteiger partial charge < -0.3 is 15.5 Å². The normalized spacial score (nSPS) is 18.6. The summed E-state index contributed by atoms with van der Waals surface area (Å²) in [5, 5.41) is 6.17. The summed E-state index contributed by atoms with van der Waals surface area (Å²) in [6, 6.07) is 4.37. The second-order valence-electron chi connectivity index (χ2n) is 5.49. The fourth-order valence-corrected chi connectivity index (χ4v) is 2.60. The molecule has 0 aliphatic carbocycles. The van der Waals surface area contributed by atoms with Gasteiger partial charge in [-0.15, -0.1) is 0 Å². The Labute approximate surface area is 120 Å². The second-order valence-corrected chi connectivity index (χ2v) is 5.49. The summed E-state index contributed by atoms with van der Waals surface area (Å²) in [5.74, 6) is 1.02. The Morgan fingerprint density at radius 2 is 2.35 bits per heavy atom. The fraction of sp³-hybridized carbons (Fsp3) is 0.600. The number of likely N-dealkylation sites (N-methyl/N-ethyl adjacent to an activating group) is 1. The summed E-state index contributed by atoms with van der Waals surface area (Å²) in [4.78, 5) is 18.6. The van der Waals surface area contributed by atoms with Crippen LogP contribution >= 0.6 is 0 Å². The molecule has 1 aromatic rings. The smallest absolute Gasteiger partial charge is 0.242 e. The van der Waals surface area contributed by atoms with Crippen LogP contribution in [-0.4, -0.2) is 36.6 Å². The van der Waals surface area contributed by atoms with Gasteiger partial charge in [0.15, 0.2) is 0 Å². The molecule has 110 valence electrons. The van der Waals surface area contributed by atoms with E-state index in [1.54, 1.807) is 13.2 Å². The van der Waals surface area contributed by atoms with E-state index >= 15 is 0 Å². The van der Waals surface area contributed by atoms with E-state index in [9.17, 15) is 4.79 Å². The van der Waals surface area contributed by atoms with Crippen LogP contribution in [0.2, 0.25) is 0 Å². The molecule has 0 saturated carbocycles. The molecule has 1 saturated heterocycles. The Balaban J connectivity index is 2.20. The van der Waals surface area contributed by atoms with E-state index in [2.05, 4.69) is 40.4 Å². The lowest BCUT2D eigenvalue weighted by molar-refractivity contribution is -0.121. The molecule has 20 heavy (non-hydrogen) atoms. The van der Waals surface area contributed by atoms with Gasteiger partial charge in [0.1, 0.15) is 11.9 Å². The predicted molar refractivity (Wildman–Crippen MR) is 80.6 cm³/mol. The predicted octanol–water partition coefficient (Wildman–Crippen LogP) is 1.29. The number of carbonyl (C=O) groups excluding carboxylic acids is 1. The molecule has 1 aromatic heterocycles. The largest absolute Gasteiger partial charge is 0.357 e. The maximum absolute atomic E-state index is 12.0. The van der Waals surface area contributed by atoms with E-state index in [-0.39, 0.29) is 11.9 Å². The zero-order chi connectivity index (χ0) is 14.5. The SMILES string of the molecule is CNC(=O)C1CCCN1c1ncccc1CNC(C)C. The molecular weight excluding hydrogens is 252 g/mol. The van der Waals surface area contributed by atoms with Crippen LogP contribution in [0.15, 0.2) is 18.3 Å². The molecule has 0 spiro atoms. The van der Waals surface area contributed by atoms with Gasteiger partial charge in [-0.25, -0.2) is 4.98 Å². The van der Waals surface area contributed by atoms with Crippen LogP contribution in [0.25, 0.3) is 0 Å². The van der Waals surface area contributed by atoms with Crippen molar-refractivity contribution in [2.75, 3.05) is 18.5 Å². The molecule has 1 atom stereocenters. The van der Waals surface area contributed by atoms with Crippen molar-refractivity contribution < 1.29 is 4.79 Å². The standard InChI is InChI=1S/C15H24N4O/c1-11(2)18-10-12-6-4-8-17-14(12)19-9-5-7-13(19)15(20)16-3/h4,6,8,11,13,18H,5,7,9-10H2,1-3H3,(H,16,20). The number of amides is 1. The topological polar surface area (TPSA) is 57.3 Å². The van der Waals surface area contributed by atoms with Crippen LogP contribution in [-0.2, 0) is 11.3 Å². The lowest BCUT2D eigenvalue weighted by atomic mass is 10.2. The minimum Gasteiger partial charge on any atom is -0.357 e. The van der Waals surface area contributed by atoms with Crippen LogP contribution in [0.4, 0.5) is 5.82 Å². The number of carbonyl (C=O) groups is 1. The van der Waals surface area contributed by atoms with Crippen LogP contribution < -0.4 is 15.5 Å². The van der Waals surface area contributed by atoms with Gasteiger partial charge in [-0.1, -0.05) is 19.9 Å². The Morgan fingerprint density at radius 3 is 3.05 bits per heavy atom. The quantitative estimate of drug-likeness (QED) is 0.851. The zero-order valence-corrected chi connectivity index (χ0v) is 12.5. The van der Waals surface area contributed by atoms with E-state index in [1.165, 1.54) is 0 Å². The highest BCUT2D eigenvalue weighted by atomic mass is 16.2. The molecule has 1 aliphatic heterocycles. The molecule has 1 fully saturated rings. The molecule has 0 aromatic carbocycles. The van der Waals surface area contributed by atoms with Crippen molar-refractivity contribution in [3.8, 4) is 0 Å². The first-order valence-corrected chi connectivity index (χ1v) is 7.29. The van der Waals surface area contributed by atoms with E-state index in [0.717, 1.165) is 37.3 Å². The number of pyridine rings is 1. The number of nitrogens with one attached hydrogen (secondary N) is 2. The number of rotatable bonds is 5. The van der Waals surface area contributed by atoms with Crippen molar-refractivity contribution >= 4 is 11.7 Å². The minimum atomic E-state index is -0.0901. The summed E-state index contributed by atoms with van der Waals surface area (Å²) in [5.41, 5.74) is 1.15. The third-order valence-electron chi connectivity index (χ3n) is 3.64. The van der Waals surface area contributed by atoms with Crippen molar-refractivity contribution in [2.45, 2.75) is 45.3 Å². The van der Waals surface area contributed by atoms with Crippen LogP contribution in [0.3, 0.4) is 0 Å². The third-order valence-corrected chi connectivity index (χ3v) is 3.64. The Morgan fingerprint density at radius 1 is 1.55 bits per heavy atom. The number of hydrogen-bond donors (Lipinski definition) is 2. The molecule has 0 radical (unpaired) electrons. The van der Waals surface area contributed by atoms with Gasteiger partial charge in [-0.3, -0.25) is 4.79 Å². The molecule has 0 bridgehead atoms. The number of anilines is 1. The average molecular weight is 276 g/mol. The van der Waals surface area contributed by atoms with E-state index < -0.39 is 0 Å². The lowest BCUT2D eigenvalue weighted by Gasteiger charge is -2.26. The van der Waals surface area contributed by atoms with Crippen molar-refractivity contribution in [3.05, 3.63) is 23.9 Å². The molecular formula is C15H24N4O. The van der Waals surface area contributed by atoms with E-state index in [1.807, 2.05) is 6.07 Å². The molecule has 5 heteroatoms. The Kier molecular flexibility index (Phi) is 4.95. The zero-order valence-electron chi connectivity index (χ0n) is 12.5. The molecule has 1 unspecified atom stereocenters. The van der Waals surface area contributed by atoms with Crippen LogP contribution in [0.1, 0.15) is 32.3 Å². The first kappa shape index (κ1) is 14.8. The van der Waals surface area contributed by atoms with Gasteiger partial charge in [0.05, 0.1) is 0 Å². The van der Waals surface area contributed by atoms with Gasteiger partial charge in [-0.2, -0.15) is 0 Å². The first-order valence-electron chi connectivity index (χ1n) is 7.29. The van der Waals surface area contributed by atoms with Gasteiger partial charge in [0.25, 0.3) is 0 Å². The highest BCUT2D eigenvalue weighted by Gasteiger charge is 2.31. The summed E-state index contributed by atoms with van der Waals surface area (Å²) in [7, 11) is 1.69. The average Bonchev–Trinajstić information content (AvgIpc) is 2.93. The monoisotopic (exact) mass is 276 g/mol. The summed E-state index contributed by atoms with van der Waals surface area (Å²) in [6.07, 6.45) is 3.73. The minimum absolute atomic E-state index is 0.0796. The second kappa shape index (κ2) is 6.70. The molecule has 1 aliphatic rings. The molecule has 2 heterocycles. The molecule has 5 nitrogen and oxygen atoms in total. The highest BCUT2D eigenvalue weighted by molar-refractivity contribution is 5.85. The fourth-order valence-electron chi connectivity index (χ4n) is 2.60. The highest BCUT2D eigenvalue weighted by Crippen LogP contribution is 2.26.